The summed E-state index contributed by atoms with van der Waals surface area (Å²) in [5.74, 6) is 0.987. The van der Waals surface area contributed by atoms with Crippen LogP contribution in [0.5, 0.6) is 0 Å². The second-order valence-corrected chi connectivity index (χ2v) is 6.20. The van der Waals surface area contributed by atoms with Crippen molar-refractivity contribution in [2.45, 2.75) is 39.7 Å². The number of aryl methyl sites for hydroxylation is 1. The molecule has 24 heavy (non-hydrogen) atoms. The third-order valence-electron chi connectivity index (χ3n) is 3.79. The van der Waals surface area contributed by atoms with E-state index in [0.717, 1.165) is 18.7 Å². The van der Waals surface area contributed by atoms with Crippen molar-refractivity contribution >= 4 is 5.91 Å². The zero-order valence-electron chi connectivity index (χ0n) is 14.9. The fourth-order valence-corrected chi connectivity index (χ4v) is 2.53. The van der Waals surface area contributed by atoms with Gasteiger partial charge in [0.2, 0.25) is 11.7 Å². The Morgan fingerprint density at radius 1 is 1.33 bits per heavy atom. The molecule has 0 unspecified atom stereocenters. The first-order chi connectivity index (χ1) is 11.5. The van der Waals surface area contributed by atoms with Crippen LogP contribution >= 0.6 is 0 Å². The highest BCUT2D eigenvalue weighted by atomic mass is 16.5. The lowest BCUT2D eigenvalue weighted by atomic mass is 10.1. The molecule has 6 heteroatoms. The van der Waals surface area contributed by atoms with Crippen molar-refractivity contribution in [2.75, 3.05) is 20.1 Å². The number of amides is 1. The van der Waals surface area contributed by atoms with Crippen LogP contribution in [0.15, 0.2) is 28.8 Å². The second-order valence-electron chi connectivity index (χ2n) is 6.20. The molecule has 130 valence electrons. The van der Waals surface area contributed by atoms with E-state index in [2.05, 4.69) is 34.3 Å². The van der Waals surface area contributed by atoms with Gasteiger partial charge in [0, 0.05) is 30.6 Å². The van der Waals surface area contributed by atoms with Gasteiger partial charge >= 0.3 is 0 Å². The summed E-state index contributed by atoms with van der Waals surface area (Å²) in [4.78, 5) is 18.7. The number of aromatic nitrogens is 2. The van der Waals surface area contributed by atoms with E-state index in [1.165, 1.54) is 12.8 Å². The molecule has 0 aliphatic carbocycles. The molecule has 0 saturated carbocycles. The molecule has 1 aromatic carbocycles. The quantitative estimate of drug-likeness (QED) is 0.806. The van der Waals surface area contributed by atoms with Crippen LogP contribution in [0.4, 0.5) is 0 Å². The topological polar surface area (TPSA) is 71.3 Å². The predicted molar refractivity (Wildman–Crippen MR) is 93.8 cm³/mol. The molecule has 1 heterocycles. The number of carbonyl (C=O) groups is 1. The summed E-state index contributed by atoms with van der Waals surface area (Å²) in [6.45, 7) is 7.84. The Kier molecular flexibility index (Phi) is 6.49. The molecule has 0 fully saturated rings. The van der Waals surface area contributed by atoms with E-state index in [1.54, 1.807) is 19.1 Å². The van der Waals surface area contributed by atoms with Gasteiger partial charge in [0.15, 0.2) is 0 Å². The zero-order valence-corrected chi connectivity index (χ0v) is 14.9. The van der Waals surface area contributed by atoms with E-state index in [-0.39, 0.29) is 11.9 Å². The molecule has 2 aromatic rings. The fraction of sp³-hybridized carbons (Fsp3) is 0.500. The second kappa shape index (κ2) is 8.59. The maximum absolute atomic E-state index is 12.3. The van der Waals surface area contributed by atoms with Crippen LogP contribution in [0, 0.1) is 6.92 Å². The van der Waals surface area contributed by atoms with Gasteiger partial charge in [-0.05, 0) is 39.1 Å². The molecule has 0 radical (unpaired) electrons. The number of hydrogen-bond donors (Lipinski definition) is 1. The van der Waals surface area contributed by atoms with Crippen molar-refractivity contribution in [3.05, 3.63) is 35.7 Å². The van der Waals surface area contributed by atoms with Gasteiger partial charge in [-0.2, -0.15) is 4.98 Å². The Hall–Kier alpha value is -2.21. The molecular weight excluding hydrogens is 304 g/mol. The average molecular weight is 330 g/mol. The van der Waals surface area contributed by atoms with Crippen LogP contribution in [0.2, 0.25) is 0 Å². The summed E-state index contributed by atoms with van der Waals surface area (Å²) < 4.78 is 4.97. The normalized spacial score (nSPS) is 12.4. The van der Waals surface area contributed by atoms with E-state index < -0.39 is 0 Å². The number of carbonyl (C=O) groups excluding carboxylic acids is 1. The largest absolute Gasteiger partial charge is 0.348 e. The summed E-state index contributed by atoms with van der Waals surface area (Å²) >= 11 is 0. The highest BCUT2D eigenvalue weighted by Crippen LogP contribution is 2.16. The Bertz CT molecular complexity index is 651. The van der Waals surface area contributed by atoms with E-state index in [4.69, 9.17) is 4.52 Å². The number of rotatable bonds is 8. The standard InChI is InChI=1S/C18H26N4O2/c1-5-6-11-22(4)12-13(2)19-18(23)16-9-7-15(8-10-16)17-20-14(3)24-21-17/h7-10,13H,5-6,11-12H2,1-4H3,(H,19,23)/t13-/m1/s1. The molecule has 1 aromatic heterocycles. The van der Waals surface area contributed by atoms with E-state index in [0.29, 0.717) is 17.3 Å². The van der Waals surface area contributed by atoms with E-state index in [1.807, 2.05) is 19.1 Å². The van der Waals surface area contributed by atoms with E-state index in [9.17, 15) is 4.79 Å². The zero-order chi connectivity index (χ0) is 17.5. The van der Waals surface area contributed by atoms with E-state index >= 15 is 0 Å². The summed E-state index contributed by atoms with van der Waals surface area (Å²) in [5.41, 5.74) is 1.46. The van der Waals surface area contributed by atoms with Gasteiger partial charge in [0.25, 0.3) is 5.91 Å². The summed E-state index contributed by atoms with van der Waals surface area (Å²) in [6, 6.07) is 7.32. The third kappa shape index (κ3) is 5.16. The predicted octanol–water partition coefficient (Wildman–Crippen LogP) is 2.90. The van der Waals surface area contributed by atoms with Crippen molar-refractivity contribution in [3.63, 3.8) is 0 Å². The van der Waals surface area contributed by atoms with Gasteiger partial charge < -0.3 is 14.7 Å². The van der Waals surface area contributed by atoms with Crippen LogP contribution in [-0.2, 0) is 0 Å². The lowest BCUT2D eigenvalue weighted by Gasteiger charge is -2.22. The summed E-state index contributed by atoms with van der Waals surface area (Å²) in [5, 5.41) is 6.91. The van der Waals surface area contributed by atoms with Gasteiger partial charge in [0.05, 0.1) is 0 Å². The van der Waals surface area contributed by atoms with Gasteiger partial charge in [-0.25, -0.2) is 0 Å². The Labute approximate surface area is 143 Å². The molecule has 1 atom stereocenters. The molecule has 1 N–H and O–H groups in total. The summed E-state index contributed by atoms with van der Waals surface area (Å²) in [6.07, 6.45) is 2.35. The lowest BCUT2D eigenvalue weighted by Crippen LogP contribution is -2.40. The molecule has 2 rings (SSSR count). The van der Waals surface area contributed by atoms with Crippen molar-refractivity contribution in [1.82, 2.24) is 20.4 Å². The molecule has 1 amide bonds. The molecular formula is C18H26N4O2. The average Bonchev–Trinajstić information content (AvgIpc) is 2.99. The third-order valence-corrected chi connectivity index (χ3v) is 3.79. The molecule has 0 aliphatic rings. The minimum atomic E-state index is -0.0674. The first kappa shape index (κ1) is 18.1. The molecule has 0 bridgehead atoms. The van der Waals surface area contributed by atoms with Crippen LogP contribution in [-0.4, -0.2) is 47.1 Å². The van der Waals surface area contributed by atoms with Gasteiger partial charge in [-0.3, -0.25) is 4.79 Å². The van der Waals surface area contributed by atoms with Crippen molar-refractivity contribution < 1.29 is 9.32 Å². The minimum absolute atomic E-state index is 0.0674. The van der Waals surface area contributed by atoms with Crippen molar-refractivity contribution in [2.24, 2.45) is 0 Å². The molecule has 0 saturated heterocycles. The van der Waals surface area contributed by atoms with Crippen LogP contribution in [0.25, 0.3) is 11.4 Å². The SMILES string of the molecule is CCCCN(C)C[C@@H](C)NC(=O)c1ccc(-c2noc(C)n2)cc1. The van der Waals surface area contributed by atoms with Crippen LogP contribution < -0.4 is 5.32 Å². The van der Waals surface area contributed by atoms with Crippen molar-refractivity contribution in [3.8, 4) is 11.4 Å². The number of likely N-dealkylation sites (N-methyl/N-ethyl adjacent to an activating group) is 1. The highest BCUT2D eigenvalue weighted by molar-refractivity contribution is 5.94. The van der Waals surface area contributed by atoms with Gasteiger partial charge in [0.1, 0.15) is 0 Å². The Morgan fingerprint density at radius 2 is 2.04 bits per heavy atom. The monoisotopic (exact) mass is 330 g/mol. The number of unbranched alkanes of at least 4 members (excludes halogenated alkanes) is 1. The van der Waals surface area contributed by atoms with Crippen molar-refractivity contribution in [1.29, 1.82) is 0 Å². The number of hydrogen-bond acceptors (Lipinski definition) is 5. The molecule has 0 spiro atoms. The maximum atomic E-state index is 12.3. The lowest BCUT2D eigenvalue weighted by molar-refractivity contribution is 0.0932. The highest BCUT2D eigenvalue weighted by Gasteiger charge is 2.12. The Morgan fingerprint density at radius 3 is 2.62 bits per heavy atom. The minimum Gasteiger partial charge on any atom is -0.348 e. The number of nitrogens with one attached hydrogen (secondary N) is 1. The molecule has 0 aliphatic heterocycles. The maximum Gasteiger partial charge on any atom is 0.251 e. The van der Waals surface area contributed by atoms with Crippen LogP contribution in [0.1, 0.15) is 42.9 Å². The van der Waals surface area contributed by atoms with Gasteiger partial charge in [-0.1, -0.05) is 30.6 Å². The van der Waals surface area contributed by atoms with Crippen LogP contribution in [0.3, 0.4) is 0 Å². The first-order valence-electron chi connectivity index (χ1n) is 8.39. The van der Waals surface area contributed by atoms with Gasteiger partial charge in [-0.15, -0.1) is 0 Å². The number of nitrogens with zero attached hydrogens (tertiary/aromatic N) is 3. The Balaban J connectivity index is 1.90. The first-order valence-corrected chi connectivity index (χ1v) is 8.39. The smallest absolute Gasteiger partial charge is 0.251 e. The summed E-state index contributed by atoms with van der Waals surface area (Å²) in [7, 11) is 2.08. The fourth-order valence-electron chi connectivity index (χ4n) is 2.53. The molecule has 6 nitrogen and oxygen atoms in total. The number of benzene rings is 1.